The summed E-state index contributed by atoms with van der Waals surface area (Å²) in [4.78, 5) is 42.2. The second-order valence-corrected chi connectivity index (χ2v) is 10.8. The molecule has 9 nitrogen and oxygen atoms in total. The number of nitrogens with zero attached hydrogens (tertiary/aromatic N) is 1. The van der Waals surface area contributed by atoms with Crippen molar-refractivity contribution >= 4 is 29.0 Å². The maximum Gasteiger partial charge on any atom is 0.431 e. The highest BCUT2D eigenvalue weighted by atomic mass is 16.6. The lowest BCUT2D eigenvalue weighted by atomic mass is 9.98. The Kier molecular flexibility index (Phi) is 7.32. The number of aromatic nitrogens is 1. The number of rotatable bonds is 6. The number of carbonyl (C=O) groups is 3. The van der Waals surface area contributed by atoms with E-state index >= 15 is 0 Å². The zero-order chi connectivity index (χ0) is 28.4. The summed E-state index contributed by atoms with van der Waals surface area (Å²) >= 11 is 0. The Hall–Kier alpha value is -4.63. The van der Waals surface area contributed by atoms with Gasteiger partial charge in [-0.2, -0.15) is 5.01 Å². The van der Waals surface area contributed by atoms with Gasteiger partial charge in [-0.15, -0.1) is 0 Å². The third-order valence-corrected chi connectivity index (χ3v) is 6.86. The molecule has 0 saturated carbocycles. The van der Waals surface area contributed by atoms with E-state index in [-0.39, 0.29) is 18.9 Å². The van der Waals surface area contributed by atoms with Crippen LogP contribution in [-0.4, -0.2) is 46.3 Å². The number of amides is 3. The smallest absolute Gasteiger partial charge is 0.431 e. The van der Waals surface area contributed by atoms with Gasteiger partial charge in [0.15, 0.2) is 0 Å². The molecule has 3 amide bonds. The molecule has 1 aromatic heterocycles. The molecule has 1 heterocycles. The molecule has 9 heteroatoms. The minimum atomic E-state index is -1.18. The summed E-state index contributed by atoms with van der Waals surface area (Å²) in [5.41, 5.74) is 5.10. The van der Waals surface area contributed by atoms with Crippen molar-refractivity contribution in [3.8, 4) is 11.1 Å². The van der Waals surface area contributed by atoms with E-state index in [2.05, 4.69) is 10.3 Å². The molecule has 0 radical (unpaired) electrons. The number of nitrogens with two attached hydrogens (primary N) is 1. The maximum absolute atomic E-state index is 13.5. The Morgan fingerprint density at radius 2 is 1.55 bits per heavy atom. The molecule has 206 valence electrons. The summed E-state index contributed by atoms with van der Waals surface area (Å²) in [7, 11) is 0. The molecule has 0 fully saturated rings. The highest BCUT2D eigenvalue weighted by Gasteiger charge is 2.34. The van der Waals surface area contributed by atoms with E-state index in [9.17, 15) is 14.4 Å². The number of ether oxygens (including phenoxy) is 2. The number of H-pyrrole nitrogens is 1. The van der Waals surface area contributed by atoms with Crippen molar-refractivity contribution < 1.29 is 23.9 Å². The average Bonchev–Trinajstić information content (AvgIpc) is 3.48. The van der Waals surface area contributed by atoms with Crippen molar-refractivity contribution in [1.82, 2.24) is 15.3 Å². The van der Waals surface area contributed by atoms with Crippen LogP contribution in [0, 0.1) is 0 Å². The van der Waals surface area contributed by atoms with E-state index in [1.54, 1.807) is 27.0 Å². The first kappa shape index (κ1) is 27.0. The first-order valence-corrected chi connectivity index (χ1v) is 13.1. The van der Waals surface area contributed by atoms with Crippen LogP contribution >= 0.6 is 0 Å². The number of nitrogens with one attached hydrogen (secondary N) is 2. The second kappa shape index (κ2) is 10.9. The van der Waals surface area contributed by atoms with Crippen molar-refractivity contribution in [2.75, 3.05) is 6.61 Å². The Bertz CT molecular complexity index is 1530. The Balaban J connectivity index is 1.32. The average molecular weight is 541 g/mol. The molecular weight excluding hydrogens is 508 g/mol. The summed E-state index contributed by atoms with van der Waals surface area (Å²) in [6.07, 6.45) is 0.0240. The largest absolute Gasteiger partial charge is 0.447 e. The van der Waals surface area contributed by atoms with Crippen molar-refractivity contribution in [1.29, 1.82) is 0 Å². The molecule has 5 rings (SSSR count). The number of hydrogen-bond acceptors (Lipinski definition) is 6. The van der Waals surface area contributed by atoms with E-state index in [0.29, 0.717) is 5.01 Å². The van der Waals surface area contributed by atoms with Gasteiger partial charge in [0, 0.05) is 29.4 Å². The van der Waals surface area contributed by atoms with Crippen LogP contribution in [0.1, 0.15) is 43.4 Å². The van der Waals surface area contributed by atoms with E-state index < -0.39 is 29.7 Å². The first-order chi connectivity index (χ1) is 19.1. The lowest BCUT2D eigenvalue weighted by molar-refractivity contribution is -0.132. The number of imide groups is 1. The van der Waals surface area contributed by atoms with Crippen LogP contribution in [0.3, 0.4) is 0 Å². The molecular formula is C31H32N4O5. The molecule has 1 aliphatic carbocycles. The second-order valence-electron chi connectivity index (χ2n) is 10.8. The highest BCUT2D eigenvalue weighted by molar-refractivity contribution is 5.96. The highest BCUT2D eigenvalue weighted by Crippen LogP contribution is 2.44. The fourth-order valence-electron chi connectivity index (χ4n) is 5.09. The SMILES string of the molecule is CC(C)(C)OC(=O)N[C@@H](Cc1c[nH]c2ccccc12)C(=O)N(N)C(=O)OCC1c2ccccc2-c2ccccc21. The standard InChI is InChI=1S/C31H32N4O5/c1-31(2,3)40-29(37)34-27(16-19-17-33-26-15-9-8-10-20(19)26)28(36)35(32)30(38)39-18-25-23-13-6-4-11-21(23)22-12-5-7-14-24(22)25/h4-15,17,25,27,33H,16,18,32H2,1-3H3,(H,34,37)/t27-/m0/s1. The summed E-state index contributed by atoms with van der Waals surface area (Å²) in [6, 6.07) is 22.3. The van der Waals surface area contributed by atoms with Gasteiger partial charge in [-0.1, -0.05) is 66.7 Å². The first-order valence-electron chi connectivity index (χ1n) is 13.1. The lowest BCUT2D eigenvalue weighted by Gasteiger charge is -2.25. The molecule has 0 spiro atoms. The Morgan fingerprint density at radius 1 is 0.950 bits per heavy atom. The number of fused-ring (bicyclic) bond motifs is 4. The van der Waals surface area contributed by atoms with E-state index in [1.165, 1.54) is 0 Å². The van der Waals surface area contributed by atoms with Crippen LogP contribution in [0.25, 0.3) is 22.0 Å². The molecule has 1 atom stereocenters. The number of hydrazine groups is 1. The van der Waals surface area contributed by atoms with Crippen LogP contribution in [-0.2, 0) is 20.7 Å². The monoisotopic (exact) mass is 540 g/mol. The fourth-order valence-corrected chi connectivity index (χ4v) is 5.09. The van der Waals surface area contributed by atoms with E-state index in [0.717, 1.165) is 38.7 Å². The molecule has 0 saturated heterocycles. The summed E-state index contributed by atoms with van der Waals surface area (Å²) < 4.78 is 10.9. The van der Waals surface area contributed by atoms with Crippen LogP contribution in [0.15, 0.2) is 79.0 Å². The number of benzene rings is 3. The lowest BCUT2D eigenvalue weighted by Crippen LogP contribution is -2.55. The predicted molar refractivity (Wildman–Crippen MR) is 151 cm³/mol. The normalized spacial score (nSPS) is 13.3. The number of para-hydroxylation sites is 1. The van der Waals surface area contributed by atoms with Crippen molar-refractivity contribution in [2.45, 2.75) is 44.8 Å². The summed E-state index contributed by atoms with van der Waals surface area (Å²) in [5.74, 6) is 4.97. The summed E-state index contributed by atoms with van der Waals surface area (Å²) in [6.45, 7) is 5.15. The van der Waals surface area contributed by atoms with Gasteiger partial charge in [0.05, 0.1) is 0 Å². The number of alkyl carbamates (subject to hydrolysis) is 1. The zero-order valence-corrected chi connectivity index (χ0v) is 22.6. The Morgan fingerprint density at radius 3 is 2.20 bits per heavy atom. The predicted octanol–water partition coefficient (Wildman–Crippen LogP) is 5.26. The van der Waals surface area contributed by atoms with Gasteiger partial charge in [0.1, 0.15) is 18.2 Å². The van der Waals surface area contributed by atoms with Crippen LogP contribution < -0.4 is 11.2 Å². The van der Waals surface area contributed by atoms with E-state index in [4.69, 9.17) is 15.3 Å². The molecule has 4 aromatic rings. The van der Waals surface area contributed by atoms with Gasteiger partial charge in [-0.3, -0.25) is 4.79 Å². The molecule has 0 aliphatic heterocycles. The maximum atomic E-state index is 13.5. The third-order valence-electron chi connectivity index (χ3n) is 6.86. The van der Waals surface area contributed by atoms with Crippen molar-refractivity contribution in [3.05, 3.63) is 95.7 Å². The number of hydrogen-bond donors (Lipinski definition) is 3. The van der Waals surface area contributed by atoms with Crippen molar-refractivity contribution in [3.63, 3.8) is 0 Å². The third kappa shape index (κ3) is 5.55. The number of carbonyl (C=O) groups excluding carboxylic acids is 3. The van der Waals surface area contributed by atoms with Gasteiger partial charge in [0.2, 0.25) is 0 Å². The van der Waals surface area contributed by atoms with Gasteiger partial charge in [0.25, 0.3) is 5.91 Å². The Labute approximate surface area is 232 Å². The van der Waals surface area contributed by atoms with Gasteiger partial charge in [-0.25, -0.2) is 15.4 Å². The van der Waals surface area contributed by atoms with Crippen molar-refractivity contribution in [2.24, 2.45) is 5.84 Å². The minimum Gasteiger partial charge on any atom is -0.447 e. The van der Waals surface area contributed by atoms with Crippen LogP contribution in [0.5, 0.6) is 0 Å². The number of aromatic amines is 1. The van der Waals surface area contributed by atoms with Gasteiger partial charge < -0.3 is 19.8 Å². The molecule has 40 heavy (non-hydrogen) atoms. The van der Waals surface area contributed by atoms with Gasteiger partial charge in [-0.05, 0) is 54.7 Å². The zero-order valence-electron chi connectivity index (χ0n) is 22.6. The molecule has 3 aromatic carbocycles. The van der Waals surface area contributed by atoms with E-state index in [1.807, 2.05) is 72.8 Å². The minimum absolute atomic E-state index is 0.000446. The van der Waals surface area contributed by atoms with Crippen LogP contribution in [0.2, 0.25) is 0 Å². The molecule has 0 bridgehead atoms. The topological polar surface area (TPSA) is 127 Å². The fraction of sp³-hybridized carbons (Fsp3) is 0.258. The molecule has 0 unspecified atom stereocenters. The van der Waals surface area contributed by atoms with Crippen LogP contribution in [0.4, 0.5) is 9.59 Å². The molecule has 1 aliphatic rings. The summed E-state index contributed by atoms with van der Waals surface area (Å²) in [5, 5.41) is 3.89. The van der Waals surface area contributed by atoms with Gasteiger partial charge >= 0.3 is 12.2 Å². The molecule has 4 N–H and O–H groups in total. The quantitative estimate of drug-likeness (QED) is 0.174.